The molecule has 1 amide bonds. The highest BCUT2D eigenvalue weighted by molar-refractivity contribution is 6.04. The van der Waals surface area contributed by atoms with Crippen LogP contribution in [0.5, 0.6) is 5.75 Å². The molecule has 0 aliphatic heterocycles. The number of amides is 1. The van der Waals surface area contributed by atoms with Crippen LogP contribution in [0.1, 0.15) is 10.4 Å². The van der Waals surface area contributed by atoms with Gasteiger partial charge in [-0.05, 0) is 36.4 Å². The van der Waals surface area contributed by atoms with E-state index in [2.05, 4.69) is 10.3 Å². The van der Waals surface area contributed by atoms with Crippen LogP contribution < -0.4 is 10.1 Å². The lowest BCUT2D eigenvalue weighted by Crippen LogP contribution is -2.14. The summed E-state index contributed by atoms with van der Waals surface area (Å²) in [5, 5.41) is 11.0. The zero-order valence-electron chi connectivity index (χ0n) is 10.7. The van der Waals surface area contributed by atoms with Gasteiger partial charge in [0.15, 0.2) is 6.61 Å². The first-order valence-electron chi connectivity index (χ1n) is 5.93. The fraction of sp³-hybridized carbons (Fsp3) is 0.0714. The number of ether oxygens (including phenoxy) is 1. The molecule has 0 bridgehead atoms. The SMILES string of the molecule is O=C(O)COc1ccc(NC(=O)c2cccnc2F)cc1. The zero-order chi connectivity index (χ0) is 15.2. The average molecular weight is 290 g/mol. The van der Waals surface area contributed by atoms with Gasteiger partial charge in [0.2, 0.25) is 5.95 Å². The number of nitrogens with zero attached hydrogens (tertiary/aromatic N) is 1. The number of carbonyl (C=O) groups is 2. The number of rotatable bonds is 5. The summed E-state index contributed by atoms with van der Waals surface area (Å²) in [6.07, 6.45) is 1.25. The summed E-state index contributed by atoms with van der Waals surface area (Å²) in [7, 11) is 0. The van der Waals surface area contributed by atoms with Crippen molar-refractivity contribution in [3.63, 3.8) is 0 Å². The molecule has 2 N–H and O–H groups in total. The molecular weight excluding hydrogens is 279 g/mol. The van der Waals surface area contributed by atoms with Crippen molar-refractivity contribution in [2.45, 2.75) is 0 Å². The first kappa shape index (κ1) is 14.4. The Hall–Kier alpha value is -2.96. The normalized spacial score (nSPS) is 9.95. The van der Waals surface area contributed by atoms with Gasteiger partial charge >= 0.3 is 5.97 Å². The van der Waals surface area contributed by atoms with Crippen molar-refractivity contribution in [2.24, 2.45) is 0 Å². The number of halogens is 1. The number of anilines is 1. The molecule has 108 valence electrons. The zero-order valence-corrected chi connectivity index (χ0v) is 10.7. The topological polar surface area (TPSA) is 88.5 Å². The van der Waals surface area contributed by atoms with E-state index >= 15 is 0 Å². The van der Waals surface area contributed by atoms with E-state index in [0.717, 1.165) is 0 Å². The molecule has 0 spiro atoms. The third kappa shape index (κ3) is 4.00. The number of pyridine rings is 1. The van der Waals surface area contributed by atoms with Crippen molar-refractivity contribution >= 4 is 17.6 Å². The minimum absolute atomic E-state index is 0.163. The molecule has 1 aromatic carbocycles. The van der Waals surface area contributed by atoms with E-state index in [1.165, 1.54) is 42.6 Å². The molecule has 0 aliphatic carbocycles. The maximum atomic E-state index is 13.3. The van der Waals surface area contributed by atoms with Gasteiger partial charge in [-0.2, -0.15) is 4.39 Å². The quantitative estimate of drug-likeness (QED) is 0.821. The monoisotopic (exact) mass is 290 g/mol. The van der Waals surface area contributed by atoms with Crippen LogP contribution in [0.3, 0.4) is 0 Å². The van der Waals surface area contributed by atoms with Crippen LogP contribution in [-0.2, 0) is 4.79 Å². The Kier molecular flexibility index (Phi) is 4.45. The van der Waals surface area contributed by atoms with E-state index in [9.17, 15) is 14.0 Å². The van der Waals surface area contributed by atoms with Crippen LogP contribution in [0.4, 0.5) is 10.1 Å². The fourth-order valence-corrected chi connectivity index (χ4v) is 1.53. The number of aromatic nitrogens is 1. The Morgan fingerprint density at radius 1 is 1.24 bits per heavy atom. The molecular formula is C14H11FN2O4. The van der Waals surface area contributed by atoms with Gasteiger partial charge in [0.25, 0.3) is 5.91 Å². The second-order valence-corrected chi connectivity index (χ2v) is 4.00. The summed E-state index contributed by atoms with van der Waals surface area (Å²) in [5.74, 6) is -2.21. The number of nitrogens with one attached hydrogen (secondary N) is 1. The van der Waals surface area contributed by atoms with E-state index in [-0.39, 0.29) is 5.56 Å². The molecule has 0 aliphatic rings. The number of carbonyl (C=O) groups excluding carboxylic acids is 1. The second kappa shape index (κ2) is 6.47. The Labute approximate surface area is 119 Å². The predicted molar refractivity (Wildman–Crippen MR) is 71.7 cm³/mol. The standard InChI is InChI=1S/C14H11FN2O4/c15-13-11(2-1-7-16-13)14(20)17-9-3-5-10(6-4-9)21-8-12(18)19/h1-7H,8H2,(H,17,20)(H,18,19). The summed E-state index contributed by atoms with van der Waals surface area (Å²) in [5.41, 5.74) is 0.259. The van der Waals surface area contributed by atoms with Gasteiger partial charge < -0.3 is 15.2 Å². The summed E-state index contributed by atoms with van der Waals surface area (Å²) < 4.78 is 18.3. The van der Waals surface area contributed by atoms with Crippen molar-refractivity contribution < 1.29 is 23.8 Å². The number of hydrogen-bond acceptors (Lipinski definition) is 4. The Bertz CT molecular complexity index is 658. The summed E-state index contributed by atoms with van der Waals surface area (Å²) in [6.45, 7) is -0.452. The van der Waals surface area contributed by atoms with Crippen LogP contribution in [0.15, 0.2) is 42.6 Å². The summed E-state index contributed by atoms with van der Waals surface area (Å²) >= 11 is 0. The third-order valence-electron chi connectivity index (χ3n) is 2.48. The van der Waals surface area contributed by atoms with E-state index in [1.807, 2.05) is 0 Å². The number of carboxylic acid groups (broad SMARTS) is 1. The van der Waals surface area contributed by atoms with E-state index in [1.54, 1.807) is 0 Å². The number of aliphatic carboxylic acids is 1. The molecule has 0 radical (unpaired) electrons. The molecule has 6 nitrogen and oxygen atoms in total. The van der Waals surface area contributed by atoms with Crippen LogP contribution in [0.25, 0.3) is 0 Å². The largest absolute Gasteiger partial charge is 0.482 e. The van der Waals surface area contributed by atoms with Crippen LogP contribution in [-0.4, -0.2) is 28.6 Å². The Balaban J connectivity index is 2.02. The van der Waals surface area contributed by atoms with Gasteiger partial charge in [-0.3, -0.25) is 4.79 Å². The highest BCUT2D eigenvalue weighted by atomic mass is 19.1. The van der Waals surface area contributed by atoms with Gasteiger partial charge in [-0.25, -0.2) is 9.78 Å². The number of benzene rings is 1. The highest BCUT2D eigenvalue weighted by Crippen LogP contribution is 2.16. The van der Waals surface area contributed by atoms with Crippen molar-refractivity contribution in [2.75, 3.05) is 11.9 Å². The Morgan fingerprint density at radius 2 is 1.95 bits per heavy atom. The van der Waals surface area contributed by atoms with Gasteiger partial charge in [-0.1, -0.05) is 0 Å². The average Bonchev–Trinajstić information content (AvgIpc) is 2.47. The first-order valence-corrected chi connectivity index (χ1v) is 5.93. The second-order valence-electron chi connectivity index (χ2n) is 4.00. The molecule has 2 aromatic rings. The molecule has 2 rings (SSSR count). The van der Waals surface area contributed by atoms with E-state index in [0.29, 0.717) is 11.4 Å². The van der Waals surface area contributed by atoms with Crippen molar-refractivity contribution in [3.05, 3.63) is 54.1 Å². The summed E-state index contributed by atoms with van der Waals surface area (Å²) in [4.78, 5) is 25.6. The van der Waals surface area contributed by atoms with Gasteiger partial charge in [-0.15, -0.1) is 0 Å². The van der Waals surface area contributed by atoms with Gasteiger partial charge in [0.1, 0.15) is 5.75 Å². The van der Waals surface area contributed by atoms with Crippen LogP contribution in [0.2, 0.25) is 0 Å². The van der Waals surface area contributed by atoms with Crippen LogP contribution >= 0.6 is 0 Å². The number of carboxylic acids is 1. The molecule has 0 unspecified atom stereocenters. The van der Waals surface area contributed by atoms with Crippen molar-refractivity contribution in [3.8, 4) is 5.75 Å². The highest BCUT2D eigenvalue weighted by Gasteiger charge is 2.12. The lowest BCUT2D eigenvalue weighted by molar-refractivity contribution is -0.139. The maximum absolute atomic E-state index is 13.3. The maximum Gasteiger partial charge on any atom is 0.341 e. The van der Waals surface area contributed by atoms with E-state index in [4.69, 9.17) is 9.84 Å². The number of hydrogen-bond donors (Lipinski definition) is 2. The van der Waals surface area contributed by atoms with Crippen LogP contribution in [0, 0.1) is 5.95 Å². The minimum Gasteiger partial charge on any atom is -0.482 e. The van der Waals surface area contributed by atoms with Gasteiger partial charge in [0.05, 0.1) is 5.56 Å². The fourth-order valence-electron chi connectivity index (χ4n) is 1.53. The molecule has 21 heavy (non-hydrogen) atoms. The minimum atomic E-state index is -1.08. The summed E-state index contributed by atoms with van der Waals surface area (Å²) in [6, 6.07) is 8.81. The lowest BCUT2D eigenvalue weighted by Gasteiger charge is -2.07. The molecule has 1 heterocycles. The molecule has 0 saturated carbocycles. The van der Waals surface area contributed by atoms with Crippen molar-refractivity contribution in [1.29, 1.82) is 0 Å². The van der Waals surface area contributed by atoms with Crippen molar-refractivity contribution in [1.82, 2.24) is 4.98 Å². The van der Waals surface area contributed by atoms with E-state index < -0.39 is 24.4 Å². The first-order chi connectivity index (χ1) is 10.1. The van der Waals surface area contributed by atoms with Gasteiger partial charge in [0, 0.05) is 11.9 Å². The smallest absolute Gasteiger partial charge is 0.341 e. The molecule has 1 aromatic heterocycles. The molecule has 0 fully saturated rings. The third-order valence-corrected chi connectivity index (χ3v) is 2.48. The molecule has 0 atom stereocenters. The molecule has 0 saturated heterocycles. The lowest BCUT2D eigenvalue weighted by atomic mass is 10.2. The predicted octanol–water partition coefficient (Wildman–Crippen LogP) is 1.94. The Morgan fingerprint density at radius 3 is 2.57 bits per heavy atom. The molecule has 7 heteroatoms.